The normalized spacial score (nSPS) is 18.6. The lowest BCUT2D eigenvalue weighted by atomic mass is 9.73. The zero-order valence-corrected chi connectivity index (χ0v) is 21.3. The van der Waals surface area contributed by atoms with Crippen LogP contribution in [-0.2, 0) is 16.2 Å². The van der Waals surface area contributed by atoms with Crippen LogP contribution in [-0.4, -0.2) is 16.7 Å². The number of ketones is 1. The summed E-state index contributed by atoms with van der Waals surface area (Å²) in [4.78, 5) is 32.6. The topological polar surface area (TPSA) is 71.5 Å². The zero-order valence-electron chi connectivity index (χ0n) is 20.5. The van der Waals surface area contributed by atoms with Crippen LogP contribution in [0.15, 0.2) is 78.3 Å². The number of rotatable bonds is 4. The number of amides is 1. The first-order valence-corrected chi connectivity index (χ1v) is 12.3. The number of ether oxygens (including phenoxy) is 1. The van der Waals surface area contributed by atoms with Crippen LogP contribution in [0.25, 0.3) is 0 Å². The minimum Gasteiger partial charge on any atom is -0.487 e. The number of hydrogen-bond donors (Lipinski definition) is 1. The van der Waals surface area contributed by atoms with E-state index < -0.39 is 6.04 Å². The highest BCUT2D eigenvalue weighted by atomic mass is 35.5. The van der Waals surface area contributed by atoms with Crippen molar-refractivity contribution in [3.63, 3.8) is 0 Å². The molecule has 2 heterocycles. The second-order valence-corrected chi connectivity index (χ2v) is 10.5. The van der Waals surface area contributed by atoms with Gasteiger partial charge in [-0.1, -0.05) is 61.8 Å². The van der Waals surface area contributed by atoms with Gasteiger partial charge in [0.1, 0.15) is 12.4 Å². The summed E-state index contributed by atoms with van der Waals surface area (Å²) in [5.74, 6) is 0.382. The molecule has 1 aliphatic carbocycles. The number of carbonyl (C=O) groups excluding carboxylic acids is 2. The Bertz CT molecular complexity index is 1370. The standard InChI is InChI=1S/C29H28ClN3O3/c1-18(34)33-24-11-12-31-16-23(24)32-22-14-29(2,3)15-25(35)27(22)28(33)20-9-10-26(21(30)13-20)36-17-19-7-5-4-6-8-19/h4-13,16,28,32H,14-15,17H2,1-3H3. The van der Waals surface area contributed by atoms with Crippen LogP contribution in [0.5, 0.6) is 5.75 Å². The van der Waals surface area contributed by atoms with Crippen molar-refractivity contribution < 1.29 is 14.3 Å². The maximum atomic E-state index is 13.6. The maximum Gasteiger partial charge on any atom is 0.224 e. The molecule has 1 N–H and O–H groups in total. The van der Waals surface area contributed by atoms with Gasteiger partial charge in [-0.25, -0.2) is 0 Å². The van der Waals surface area contributed by atoms with E-state index in [0.717, 1.165) is 16.8 Å². The van der Waals surface area contributed by atoms with Gasteiger partial charge in [-0.2, -0.15) is 0 Å². The van der Waals surface area contributed by atoms with Gasteiger partial charge in [0, 0.05) is 30.8 Å². The number of halogens is 1. The van der Waals surface area contributed by atoms with Gasteiger partial charge in [0.05, 0.1) is 28.6 Å². The summed E-state index contributed by atoms with van der Waals surface area (Å²) in [5, 5.41) is 3.86. The van der Waals surface area contributed by atoms with Crippen LogP contribution in [0, 0.1) is 5.41 Å². The molecule has 1 aliphatic heterocycles. The van der Waals surface area contributed by atoms with E-state index >= 15 is 0 Å². The van der Waals surface area contributed by atoms with Crippen LogP contribution in [0.2, 0.25) is 5.02 Å². The Kier molecular flexibility index (Phi) is 6.31. The Morgan fingerprint density at radius 1 is 1.17 bits per heavy atom. The van der Waals surface area contributed by atoms with Crippen LogP contribution in [0.4, 0.5) is 11.4 Å². The smallest absolute Gasteiger partial charge is 0.224 e. The number of Topliss-reactive ketones (excluding diaryl/α,β-unsaturated/α-hetero) is 1. The first-order chi connectivity index (χ1) is 17.2. The maximum absolute atomic E-state index is 13.6. The average molecular weight is 502 g/mol. The molecular weight excluding hydrogens is 474 g/mol. The highest BCUT2D eigenvalue weighted by Crippen LogP contribution is 2.48. The van der Waals surface area contributed by atoms with E-state index in [1.54, 1.807) is 29.4 Å². The van der Waals surface area contributed by atoms with Gasteiger partial charge in [0.2, 0.25) is 5.91 Å². The molecule has 2 aliphatic rings. The van der Waals surface area contributed by atoms with Gasteiger partial charge in [-0.15, -0.1) is 0 Å². The lowest BCUT2D eigenvalue weighted by Crippen LogP contribution is -2.38. The molecule has 5 rings (SSSR count). The Morgan fingerprint density at radius 3 is 2.67 bits per heavy atom. The molecule has 0 saturated heterocycles. The van der Waals surface area contributed by atoms with Crippen LogP contribution < -0.4 is 15.0 Å². The highest BCUT2D eigenvalue weighted by Gasteiger charge is 2.42. The van der Waals surface area contributed by atoms with Crippen LogP contribution >= 0.6 is 11.6 Å². The van der Waals surface area contributed by atoms with Crippen LogP contribution in [0.1, 0.15) is 50.8 Å². The summed E-state index contributed by atoms with van der Waals surface area (Å²) >= 11 is 6.68. The van der Waals surface area contributed by atoms with Crippen molar-refractivity contribution in [2.75, 3.05) is 10.2 Å². The van der Waals surface area contributed by atoms with E-state index in [2.05, 4.69) is 24.1 Å². The fourth-order valence-electron chi connectivity index (χ4n) is 5.09. The lowest BCUT2D eigenvalue weighted by Gasteiger charge is -2.36. The molecule has 1 unspecified atom stereocenters. The van der Waals surface area contributed by atoms with E-state index in [1.807, 2.05) is 42.5 Å². The quantitative estimate of drug-likeness (QED) is 0.443. The number of pyridine rings is 1. The van der Waals surface area contributed by atoms with Crippen molar-refractivity contribution in [1.82, 2.24) is 4.98 Å². The molecule has 6 nitrogen and oxygen atoms in total. The van der Waals surface area contributed by atoms with Crippen molar-refractivity contribution in [2.24, 2.45) is 5.41 Å². The van der Waals surface area contributed by atoms with E-state index in [4.69, 9.17) is 16.3 Å². The van der Waals surface area contributed by atoms with Gasteiger partial charge in [-0.3, -0.25) is 19.5 Å². The summed E-state index contributed by atoms with van der Waals surface area (Å²) in [6.07, 6.45) is 4.42. The molecule has 3 aromatic rings. The molecule has 2 aromatic carbocycles. The SMILES string of the molecule is CC(=O)N1c2ccncc2NC2=C(C(=O)CC(C)(C)C2)C1c1ccc(OCc2ccccc2)c(Cl)c1. The number of nitrogens with one attached hydrogen (secondary N) is 1. The molecule has 36 heavy (non-hydrogen) atoms. The lowest BCUT2D eigenvalue weighted by molar-refractivity contribution is -0.118. The van der Waals surface area contributed by atoms with Crippen molar-refractivity contribution in [3.8, 4) is 5.75 Å². The Hall–Kier alpha value is -3.64. The van der Waals surface area contributed by atoms with Gasteiger partial charge in [0.15, 0.2) is 5.78 Å². The third-order valence-electron chi connectivity index (χ3n) is 6.64. The number of carbonyl (C=O) groups is 2. The third kappa shape index (κ3) is 4.61. The molecule has 0 spiro atoms. The molecule has 0 radical (unpaired) electrons. The first-order valence-electron chi connectivity index (χ1n) is 12.0. The van der Waals surface area contributed by atoms with Crippen molar-refractivity contribution in [1.29, 1.82) is 0 Å². The number of benzene rings is 2. The summed E-state index contributed by atoms with van der Waals surface area (Å²) in [6.45, 7) is 6.06. The molecule has 1 amide bonds. The van der Waals surface area contributed by atoms with Gasteiger partial charge >= 0.3 is 0 Å². The van der Waals surface area contributed by atoms with E-state index in [-0.39, 0.29) is 17.1 Å². The highest BCUT2D eigenvalue weighted by molar-refractivity contribution is 6.32. The summed E-state index contributed by atoms with van der Waals surface area (Å²) in [6, 6.07) is 16.5. The van der Waals surface area contributed by atoms with Gasteiger partial charge in [0.25, 0.3) is 0 Å². The predicted molar refractivity (Wildman–Crippen MR) is 141 cm³/mol. The van der Waals surface area contributed by atoms with E-state index in [0.29, 0.717) is 47.2 Å². The molecule has 0 fully saturated rings. The Labute approximate surface area is 215 Å². The number of aromatic nitrogens is 1. The monoisotopic (exact) mass is 501 g/mol. The van der Waals surface area contributed by atoms with Crippen molar-refractivity contribution in [2.45, 2.75) is 46.3 Å². The average Bonchev–Trinajstić information content (AvgIpc) is 2.97. The summed E-state index contributed by atoms with van der Waals surface area (Å²) in [5.41, 5.74) is 4.35. The fourth-order valence-corrected chi connectivity index (χ4v) is 5.34. The van der Waals surface area contributed by atoms with Crippen molar-refractivity contribution >= 4 is 34.7 Å². The Balaban J connectivity index is 1.60. The third-order valence-corrected chi connectivity index (χ3v) is 6.94. The summed E-state index contributed by atoms with van der Waals surface area (Å²) < 4.78 is 5.96. The first kappa shape index (κ1) is 24.1. The predicted octanol–water partition coefficient (Wildman–Crippen LogP) is 6.48. The van der Waals surface area contributed by atoms with Crippen molar-refractivity contribution in [3.05, 3.63) is 94.4 Å². The van der Waals surface area contributed by atoms with Gasteiger partial charge in [-0.05, 0) is 41.2 Å². The molecule has 1 aromatic heterocycles. The minimum atomic E-state index is -0.627. The molecule has 0 saturated carbocycles. The zero-order chi connectivity index (χ0) is 25.4. The second kappa shape index (κ2) is 9.43. The second-order valence-electron chi connectivity index (χ2n) is 10.1. The number of nitrogens with zero attached hydrogens (tertiary/aromatic N) is 2. The number of anilines is 2. The van der Waals surface area contributed by atoms with E-state index in [1.165, 1.54) is 6.92 Å². The van der Waals surface area contributed by atoms with Crippen LogP contribution in [0.3, 0.4) is 0 Å². The molecule has 7 heteroatoms. The number of hydrogen-bond acceptors (Lipinski definition) is 5. The fraction of sp³-hybridized carbons (Fsp3) is 0.276. The molecular formula is C29H28ClN3O3. The minimum absolute atomic E-state index is 0.0197. The number of allylic oxidation sites excluding steroid dienone is 1. The molecule has 0 bridgehead atoms. The largest absolute Gasteiger partial charge is 0.487 e. The Morgan fingerprint density at radius 2 is 1.94 bits per heavy atom. The number of fused-ring (bicyclic) bond motifs is 1. The molecule has 184 valence electrons. The summed E-state index contributed by atoms with van der Waals surface area (Å²) in [7, 11) is 0. The molecule has 1 atom stereocenters. The van der Waals surface area contributed by atoms with Gasteiger partial charge < -0.3 is 10.1 Å². The van der Waals surface area contributed by atoms with E-state index in [9.17, 15) is 9.59 Å².